The molecule has 0 bridgehead atoms. The standard InChI is InChI=1S/C16H23N3O/c1-4-7-19-13-6-5-11(2)8-12(13)18-15(19)16(3)10-20-9-14(16)17/h5-6,8,14H,4,7,9-10,17H2,1-3H3. The van der Waals surface area contributed by atoms with Gasteiger partial charge in [-0.2, -0.15) is 0 Å². The summed E-state index contributed by atoms with van der Waals surface area (Å²) < 4.78 is 7.92. The van der Waals surface area contributed by atoms with E-state index in [1.54, 1.807) is 0 Å². The summed E-state index contributed by atoms with van der Waals surface area (Å²) in [6.45, 7) is 8.70. The highest BCUT2D eigenvalue weighted by Gasteiger charge is 2.43. The molecule has 1 saturated heterocycles. The lowest BCUT2D eigenvalue weighted by Crippen LogP contribution is -2.43. The molecule has 1 aliphatic heterocycles. The fraction of sp³-hybridized carbons (Fsp3) is 0.562. The van der Waals surface area contributed by atoms with E-state index in [-0.39, 0.29) is 11.5 Å². The van der Waals surface area contributed by atoms with Gasteiger partial charge in [-0.15, -0.1) is 0 Å². The van der Waals surface area contributed by atoms with Gasteiger partial charge >= 0.3 is 0 Å². The Balaban J connectivity index is 2.21. The molecule has 4 heteroatoms. The highest BCUT2D eigenvalue weighted by molar-refractivity contribution is 5.77. The van der Waals surface area contributed by atoms with Gasteiger partial charge in [0.05, 0.1) is 29.7 Å². The SMILES string of the molecule is CCCn1c(C2(C)COCC2N)nc2cc(C)ccc21. The van der Waals surface area contributed by atoms with Crippen molar-refractivity contribution in [3.63, 3.8) is 0 Å². The molecule has 2 N–H and O–H groups in total. The first kappa shape index (κ1) is 13.6. The van der Waals surface area contributed by atoms with Gasteiger partial charge in [0.2, 0.25) is 0 Å². The third-order valence-electron chi connectivity index (χ3n) is 4.38. The van der Waals surface area contributed by atoms with Crippen LogP contribution in [-0.4, -0.2) is 28.8 Å². The van der Waals surface area contributed by atoms with Crippen LogP contribution in [0.1, 0.15) is 31.7 Å². The minimum absolute atomic E-state index is 0.0102. The summed E-state index contributed by atoms with van der Waals surface area (Å²) in [6.07, 6.45) is 1.08. The fourth-order valence-electron chi connectivity index (χ4n) is 3.05. The van der Waals surface area contributed by atoms with Crippen molar-refractivity contribution in [1.82, 2.24) is 9.55 Å². The van der Waals surface area contributed by atoms with Crippen molar-refractivity contribution in [3.8, 4) is 0 Å². The second-order valence-corrected chi connectivity index (χ2v) is 6.12. The third kappa shape index (κ3) is 1.95. The molecule has 2 unspecified atom stereocenters. The summed E-state index contributed by atoms with van der Waals surface area (Å²) in [6, 6.07) is 6.47. The van der Waals surface area contributed by atoms with Crippen LogP contribution in [0.25, 0.3) is 11.0 Å². The number of rotatable bonds is 3. The Labute approximate surface area is 119 Å². The monoisotopic (exact) mass is 273 g/mol. The highest BCUT2D eigenvalue weighted by Crippen LogP contribution is 2.34. The number of benzene rings is 1. The van der Waals surface area contributed by atoms with E-state index in [0.29, 0.717) is 13.2 Å². The number of fused-ring (bicyclic) bond motifs is 1. The van der Waals surface area contributed by atoms with Crippen LogP contribution in [0.2, 0.25) is 0 Å². The largest absolute Gasteiger partial charge is 0.379 e. The van der Waals surface area contributed by atoms with E-state index in [4.69, 9.17) is 15.5 Å². The molecule has 2 aromatic rings. The zero-order valence-electron chi connectivity index (χ0n) is 12.5. The van der Waals surface area contributed by atoms with E-state index < -0.39 is 0 Å². The maximum Gasteiger partial charge on any atom is 0.119 e. The smallest absolute Gasteiger partial charge is 0.119 e. The molecule has 1 aromatic heterocycles. The van der Waals surface area contributed by atoms with E-state index in [0.717, 1.165) is 24.3 Å². The molecule has 4 nitrogen and oxygen atoms in total. The number of nitrogens with zero attached hydrogens (tertiary/aromatic N) is 2. The number of aryl methyl sites for hydroxylation is 2. The molecule has 0 radical (unpaired) electrons. The van der Waals surface area contributed by atoms with E-state index in [2.05, 4.69) is 43.5 Å². The highest BCUT2D eigenvalue weighted by atomic mass is 16.5. The lowest BCUT2D eigenvalue weighted by atomic mass is 9.85. The summed E-state index contributed by atoms with van der Waals surface area (Å²) in [5, 5.41) is 0. The molecule has 0 aliphatic carbocycles. The molecule has 1 aromatic carbocycles. The van der Waals surface area contributed by atoms with Crippen LogP contribution in [0, 0.1) is 6.92 Å². The van der Waals surface area contributed by atoms with Crippen molar-refractivity contribution < 1.29 is 4.74 Å². The van der Waals surface area contributed by atoms with Crippen molar-refractivity contribution in [2.24, 2.45) is 5.73 Å². The van der Waals surface area contributed by atoms with Crippen molar-refractivity contribution >= 4 is 11.0 Å². The van der Waals surface area contributed by atoms with Gasteiger partial charge in [0.1, 0.15) is 5.82 Å². The molecule has 2 heterocycles. The Morgan fingerprint density at radius 3 is 2.95 bits per heavy atom. The fourth-order valence-corrected chi connectivity index (χ4v) is 3.05. The quantitative estimate of drug-likeness (QED) is 0.934. The van der Waals surface area contributed by atoms with Crippen LogP contribution in [0.3, 0.4) is 0 Å². The van der Waals surface area contributed by atoms with Crippen LogP contribution in [0.4, 0.5) is 0 Å². The molecule has 2 atom stereocenters. The average molecular weight is 273 g/mol. The molecule has 20 heavy (non-hydrogen) atoms. The third-order valence-corrected chi connectivity index (χ3v) is 4.38. The van der Waals surface area contributed by atoms with Gasteiger partial charge in [-0.05, 0) is 38.0 Å². The number of aromatic nitrogens is 2. The number of hydrogen-bond donors (Lipinski definition) is 1. The Bertz CT molecular complexity index is 634. The van der Waals surface area contributed by atoms with Gasteiger partial charge in [-0.1, -0.05) is 13.0 Å². The van der Waals surface area contributed by atoms with Gasteiger partial charge in [-0.25, -0.2) is 4.98 Å². The normalized spacial score (nSPS) is 26.5. The van der Waals surface area contributed by atoms with Gasteiger partial charge < -0.3 is 15.0 Å². The molecule has 0 saturated carbocycles. The second-order valence-electron chi connectivity index (χ2n) is 6.12. The Morgan fingerprint density at radius 2 is 2.30 bits per heavy atom. The minimum Gasteiger partial charge on any atom is -0.379 e. The van der Waals surface area contributed by atoms with E-state index in [9.17, 15) is 0 Å². The lowest BCUT2D eigenvalue weighted by molar-refractivity contribution is 0.177. The molecular formula is C16H23N3O. The van der Waals surface area contributed by atoms with Crippen molar-refractivity contribution in [2.45, 2.75) is 45.2 Å². The summed E-state index contributed by atoms with van der Waals surface area (Å²) in [5.41, 5.74) is 9.59. The first-order valence-electron chi connectivity index (χ1n) is 7.37. The van der Waals surface area contributed by atoms with Crippen LogP contribution in [-0.2, 0) is 16.7 Å². The van der Waals surface area contributed by atoms with Gasteiger partial charge in [0.25, 0.3) is 0 Å². The van der Waals surface area contributed by atoms with Crippen LogP contribution in [0.5, 0.6) is 0 Å². The first-order valence-corrected chi connectivity index (χ1v) is 7.37. The number of imidazole rings is 1. The maximum atomic E-state index is 6.28. The summed E-state index contributed by atoms with van der Waals surface area (Å²) in [7, 11) is 0. The molecule has 0 spiro atoms. The van der Waals surface area contributed by atoms with Crippen LogP contribution >= 0.6 is 0 Å². The Kier molecular flexibility index (Phi) is 3.30. The average Bonchev–Trinajstić information content (AvgIpc) is 2.93. The summed E-state index contributed by atoms with van der Waals surface area (Å²) in [5.74, 6) is 1.07. The number of ether oxygens (including phenoxy) is 1. The number of nitrogens with two attached hydrogens (primary N) is 1. The summed E-state index contributed by atoms with van der Waals surface area (Å²) >= 11 is 0. The molecule has 1 fully saturated rings. The van der Waals surface area contributed by atoms with Crippen molar-refractivity contribution in [2.75, 3.05) is 13.2 Å². The first-order chi connectivity index (χ1) is 9.56. The summed E-state index contributed by atoms with van der Waals surface area (Å²) in [4.78, 5) is 4.90. The van der Waals surface area contributed by atoms with Gasteiger partial charge in [0, 0.05) is 12.6 Å². The molecule has 108 valence electrons. The van der Waals surface area contributed by atoms with Crippen LogP contribution < -0.4 is 5.73 Å². The Morgan fingerprint density at radius 1 is 1.50 bits per heavy atom. The van der Waals surface area contributed by atoms with Crippen molar-refractivity contribution in [3.05, 3.63) is 29.6 Å². The zero-order chi connectivity index (χ0) is 14.3. The minimum atomic E-state index is -0.192. The lowest BCUT2D eigenvalue weighted by Gasteiger charge is -2.27. The molecular weight excluding hydrogens is 250 g/mol. The van der Waals surface area contributed by atoms with E-state index in [1.807, 2.05) is 0 Å². The van der Waals surface area contributed by atoms with E-state index >= 15 is 0 Å². The molecule has 1 aliphatic rings. The van der Waals surface area contributed by atoms with E-state index in [1.165, 1.54) is 11.1 Å². The van der Waals surface area contributed by atoms with Crippen LogP contribution in [0.15, 0.2) is 18.2 Å². The van der Waals surface area contributed by atoms with Crippen molar-refractivity contribution in [1.29, 1.82) is 0 Å². The maximum absolute atomic E-state index is 6.28. The second kappa shape index (κ2) is 4.86. The Hall–Kier alpha value is -1.39. The predicted octanol–water partition coefficient (Wildman–Crippen LogP) is 2.37. The van der Waals surface area contributed by atoms with Gasteiger partial charge in [-0.3, -0.25) is 0 Å². The topological polar surface area (TPSA) is 53.1 Å². The van der Waals surface area contributed by atoms with Gasteiger partial charge in [0.15, 0.2) is 0 Å². The molecule has 0 amide bonds. The zero-order valence-corrected chi connectivity index (χ0v) is 12.5. The predicted molar refractivity (Wildman–Crippen MR) is 80.9 cm³/mol. The molecule has 3 rings (SSSR count). The number of hydrogen-bond acceptors (Lipinski definition) is 3.